The van der Waals surface area contributed by atoms with Crippen LogP contribution < -0.4 is 0 Å². The lowest BCUT2D eigenvalue weighted by molar-refractivity contribution is -0.155. The van der Waals surface area contributed by atoms with Crippen LogP contribution in [0.1, 0.15) is 64.7 Å². The van der Waals surface area contributed by atoms with E-state index in [4.69, 9.17) is 4.74 Å². The minimum Gasteiger partial charge on any atom is -0.491 e. The van der Waals surface area contributed by atoms with Crippen molar-refractivity contribution in [3.8, 4) is 0 Å². The van der Waals surface area contributed by atoms with E-state index in [1.165, 1.54) is 0 Å². The summed E-state index contributed by atoms with van der Waals surface area (Å²) in [7, 11) is 0. The Bertz CT molecular complexity index is 534. The normalized spacial score (nSPS) is 29.3. The van der Waals surface area contributed by atoms with Crippen LogP contribution in [0.15, 0.2) is 23.7 Å². The Labute approximate surface area is 153 Å². The molecule has 0 aromatic rings. The van der Waals surface area contributed by atoms with Crippen LogP contribution in [0.2, 0.25) is 0 Å². The summed E-state index contributed by atoms with van der Waals surface area (Å²) in [6, 6.07) is 0. The minimum atomic E-state index is -2.62. The van der Waals surface area contributed by atoms with Gasteiger partial charge in [0.2, 0.25) is 6.43 Å². The number of hydrogen-bond acceptors (Lipinski definition) is 2. The second kappa shape index (κ2) is 9.47. The Balaban J connectivity index is 1.88. The first-order chi connectivity index (χ1) is 12.4. The van der Waals surface area contributed by atoms with Gasteiger partial charge in [0.15, 0.2) is 11.6 Å². The monoisotopic (exact) mass is 374 g/mol. The van der Waals surface area contributed by atoms with Crippen LogP contribution >= 0.6 is 0 Å². The van der Waals surface area contributed by atoms with E-state index in [1.54, 1.807) is 12.2 Å². The topological polar surface area (TPSA) is 46.5 Å². The van der Waals surface area contributed by atoms with Crippen LogP contribution in [0.25, 0.3) is 0 Å². The standard InChI is InChI=1S/C20H29F3O3/c1-2-3-4-11-26-17-6-5-15(12-16(17)21)14-7-9-20(10-8-14,19(24)25)13-18(22)23/h6,12,14-15,18H,2-5,7-11,13H2,1H3,(H,24,25). The Kier molecular flexibility index (Phi) is 7.59. The number of carboxylic acids is 1. The molecular weight excluding hydrogens is 345 g/mol. The molecule has 1 fully saturated rings. The van der Waals surface area contributed by atoms with Crippen LogP contribution in [0, 0.1) is 17.3 Å². The first-order valence-corrected chi connectivity index (χ1v) is 9.60. The number of rotatable bonds is 9. The van der Waals surface area contributed by atoms with Crippen molar-refractivity contribution in [2.75, 3.05) is 6.61 Å². The van der Waals surface area contributed by atoms with Crippen LogP contribution in [0.3, 0.4) is 0 Å². The van der Waals surface area contributed by atoms with E-state index < -0.39 is 24.2 Å². The van der Waals surface area contributed by atoms with Crippen molar-refractivity contribution in [3.05, 3.63) is 23.7 Å². The van der Waals surface area contributed by atoms with Gasteiger partial charge in [-0.2, -0.15) is 0 Å². The largest absolute Gasteiger partial charge is 0.491 e. The first kappa shape index (κ1) is 20.8. The first-order valence-electron chi connectivity index (χ1n) is 9.60. The summed E-state index contributed by atoms with van der Waals surface area (Å²) in [6.45, 7) is 2.60. The molecule has 2 rings (SSSR count). The highest BCUT2D eigenvalue weighted by Gasteiger charge is 2.45. The third-order valence-corrected chi connectivity index (χ3v) is 5.77. The highest BCUT2D eigenvalue weighted by Crippen LogP contribution is 2.47. The maximum Gasteiger partial charge on any atom is 0.309 e. The van der Waals surface area contributed by atoms with Gasteiger partial charge in [0.25, 0.3) is 0 Å². The smallest absolute Gasteiger partial charge is 0.309 e. The molecule has 0 aromatic heterocycles. The molecule has 6 heteroatoms. The Morgan fingerprint density at radius 2 is 2.04 bits per heavy atom. The molecule has 0 amide bonds. The van der Waals surface area contributed by atoms with E-state index in [1.807, 2.05) is 0 Å². The fourth-order valence-electron chi connectivity index (χ4n) is 4.09. The maximum absolute atomic E-state index is 14.3. The number of carboxylic acid groups (broad SMARTS) is 1. The van der Waals surface area contributed by atoms with Crippen molar-refractivity contribution in [2.45, 2.75) is 71.1 Å². The zero-order chi connectivity index (χ0) is 19.2. The summed E-state index contributed by atoms with van der Waals surface area (Å²) in [5.41, 5.74) is -1.33. The van der Waals surface area contributed by atoms with Crippen molar-refractivity contribution >= 4 is 5.97 Å². The average molecular weight is 374 g/mol. The predicted octanol–water partition coefficient (Wildman–Crippen LogP) is 5.87. The number of aliphatic carboxylic acids is 1. The average Bonchev–Trinajstić information content (AvgIpc) is 2.60. The van der Waals surface area contributed by atoms with Crippen LogP contribution in [0.4, 0.5) is 13.2 Å². The summed E-state index contributed by atoms with van der Waals surface area (Å²) in [6.07, 6.45) is 5.32. The molecule has 1 unspecified atom stereocenters. The predicted molar refractivity (Wildman–Crippen MR) is 93.5 cm³/mol. The summed E-state index contributed by atoms with van der Waals surface area (Å²) >= 11 is 0. The van der Waals surface area contributed by atoms with Gasteiger partial charge >= 0.3 is 5.97 Å². The third kappa shape index (κ3) is 5.27. The van der Waals surface area contributed by atoms with Gasteiger partial charge in [0.05, 0.1) is 12.0 Å². The lowest BCUT2D eigenvalue weighted by atomic mass is 9.65. The molecule has 148 valence electrons. The molecule has 3 nitrogen and oxygen atoms in total. The summed E-state index contributed by atoms with van der Waals surface area (Å²) in [5.74, 6) is -1.09. The molecule has 0 heterocycles. The van der Waals surface area contributed by atoms with Gasteiger partial charge in [-0.15, -0.1) is 0 Å². The molecule has 26 heavy (non-hydrogen) atoms. The molecule has 1 saturated carbocycles. The third-order valence-electron chi connectivity index (χ3n) is 5.77. The van der Waals surface area contributed by atoms with E-state index >= 15 is 0 Å². The van der Waals surface area contributed by atoms with E-state index in [9.17, 15) is 23.1 Å². The lowest BCUT2D eigenvalue weighted by Crippen LogP contribution is -2.38. The van der Waals surface area contributed by atoms with Crippen molar-refractivity contribution in [1.82, 2.24) is 0 Å². The molecule has 2 aliphatic rings. The summed E-state index contributed by atoms with van der Waals surface area (Å²) < 4.78 is 45.3. The van der Waals surface area contributed by atoms with E-state index in [2.05, 4.69) is 6.92 Å². The number of hydrogen-bond donors (Lipinski definition) is 1. The lowest BCUT2D eigenvalue weighted by Gasteiger charge is -2.39. The van der Waals surface area contributed by atoms with Gasteiger partial charge in [0, 0.05) is 6.42 Å². The Hall–Kier alpha value is -1.46. The van der Waals surface area contributed by atoms with Crippen molar-refractivity contribution in [3.63, 3.8) is 0 Å². The van der Waals surface area contributed by atoms with E-state index in [0.717, 1.165) is 19.3 Å². The molecule has 0 saturated heterocycles. The number of carbonyl (C=O) groups is 1. The molecular formula is C20H29F3O3. The number of allylic oxidation sites excluding steroid dienone is 3. The zero-order valence-corrected chi connectivity index (χ0v) is 15.4. The molecule has 0 spiro atoms. The highest BCUT2D eigenvalue weighted by atomic mass is 19.3. The van der Waals surface area contributed by atoms with Gasteiger partial charge < -0.3 is 9.84 Å². The van der Waals surface area contributed by atoms with Crippen LogP contribution in [-0.4, -0.2) is 24.1 Å². The Morgan fingerprint density at radius 1 is 1.35 bits per heavy atom. The van der Waals surface area contributed by atoms with Crippen LogP contribution in [0.5, 0.6) is 0 Å². The fraction of sp³-hybridized carbons (Fsp3) is 0.750. The van der Waals surface area contributed by atoms with Gasteiger partial charge in [-0.1, -0.05) is 19.8 Å². The SMILES string of the molecule is CCCCCOC1=CCC(C2CCC(CC(F)F)(C(=O)O)CC2)C=C1F. The molecule has 1 N–H and O–H groups in total. The molecule has 1 atom stereocenters. The van der Waals surface area contributed by atoms with Gasteiger partial charge in [-0.25, -0.2) is 13.2 Å². The number of halogens is 3. The number of alkyl halides is 2. The van der Waals surface area contributed by atoms with Crippen molar-refractivity contribution in [1.29, 1.82) is 0 Å². The summed E-state index contributed by atoms with van der Waals surface area (Å²) in [4.78, 5) is 11.5. The van der Waals surface area contributed by atoms with Gasteiger partial charge in [-0.05, 0) is 62.5 Å². The minimum absolute atomic E-state index is 0.0173. The second-order valence-corrected chi connectivity index (χ2v) is 7.56. The number of ether oxygens (including phenoxy) is 1. The van der Waals surface area contributed by atoms with Crippen molar-refractivity contribution < 1.29 is 27.8 Å². The number of unbranched alkanes of at least 4 members (excludes halogenated alkanes) is 2. The highest BCUT2D eigenvalue weighted by molar-refractivity contribution is 5.74. The Morgan fingerprint density at radius 3 is 2.58 bits per heavy atom. The maximum atomic E-state index is 14.3. The summed E-state index contributed by atoms with van der Waals surface area (Å²) in [5, 5.41) is 9.40. The molecule has 0 aromatic carbocycles. The van der Waals surface area contributed by atoms with E-state index in [0.29, 0.717) is 31.6 Å². The molecule has 0 aliphatic heterocycles. The van der Waals surface area contributed by atoms with Crippen LogP contribution in [-0.2, 0) is 9.53 Å². The van der Waals surface area contributed by atoms with Gasteiger partial charge in [0.1, 0.15) is 0 Å². The van der Waals surface area contributed by atoms with Gasteiger partial charge in [-0.3, -0.25) is 4.79 Å². The van der Waals surface area contributed by atoms with E-state index in [-0.39, 0.29) is 30.5 Å². The second-order valence-electron chi connectivity index (χ2n) is 7.56. The molecule has 0 radical (unpaired) electrons. The molecule has 2 aliphatic carbocycles. The fourth-order valence-corrected chi connectivity index (χ4v) is 4.09. The van der Waals surface area contributed by atoms with Crippen molar-refractivity contribution in [2.24, 2.45) is 17.3 Å². The quantitative estimate of drug-likeness (QED) is 0.514. The molecule has 0 bridgehead atoms. The zero-order valence-electron chi connectivity index (χ0n) is 15.4.